The first-order chi connectivity index (χ1) is 16.8. The van der Waals surface area contributed by atoms with Gasteiger partial charge < -0.3 is 14.8 Å². The Hall–Kier alpha value is -3.12. The minimum absolute atomic E-state index is 0.136. The molecule has 1 amide bonds. The zero-order chi connectivity index (χ0) is 25.0. The number of nitrogens with one attached hydrogen (secondary N) is 1. The van der Waals surface area contributed by atoms with Crippen molar-refractivity contribution in [3.8, 4) is 5.75 Å². The van der Waals surface area contributed by atoms with E-state index in [1.165, 1.54) is 21.8 Å². The van der Waals surface area contributed by atoms with Crippen LogP contribution in [0.4, 0.5) is 5.00 Å². The summed E-state index contributed by atoms with van der Waals surface area (Å²) in [5.74, 6) is 0.527. The number of carbonyl (C=O) groups is 2. The zero-order valence-electron chi connectivity index (χ0n) is 20.9. The monoisotopic (exact) mass is 491 g/mol. The van der Waals surface area contributed by atoms with Crippen molar-refractivity contribution in [1.29, 1.82) is 0 Å². The molecule has 1 aliphatic rings. The molecule has 0 bridgehead atoms. The van der Waals surface area contributed by atoms with Crippen molar-refractivity contribution >= 4 is 28.2 Å². The summed E-state index contributed by atoms with van der Waals surface area (Å²) >= 11 is 1.48. The van der Waals surface area contributed by atoms with Crippen molar-refractivity contribution < 1.29 is 19.1 Å². The average Bonchev–Trinajstić information content (AvgIpc) is 3.20. The molecule has 0 fully saturated rings. The van der Waals surface area contributed by atoms with Crippen LogP contribution >= 0.6 is 11.3 Å². The smallest absolute Gasteiger partial charge is 0.341 e. The average molecular weight is 492 g/mol. The largest absolute Gasteiger partial charge is 0.484 e. The summed E-state index contributed by atoms with van der Waals surface area (Å²) in [4.78, 5) is 26.5. The van der Waals surface area contributed by atoms with Gasteiger partial charge in [-0.3, -0.25) is 4.79 Å². The van der Waals surface area contributed by atoms with Crippen molar-refractivity contribution in [3.05, 3.63) is 81.7 Å². The molecule has 1 aliphatic carbocycles. The molecule has 4 rings (SSSR count). The fourth-order valence-corrected chi connectivity index (χ4v) is 5.97. The third-order valence-corrected chi connectivity index (χ3v) is 7.86. The van der Waals surface area contributed by atoms with Crippen LogP contribution in [0.15, 0.2) is 54.6 Å². The molecule has 0 saturated carbocycles. The predicted molar refractivity (Wildman–Crippen MR) is 141 cm³/mol. The van der Waals surface area contributed by atoms with E-state index in [2.05, 4.69) is 38.2 Å². The number of fused-ring (bicyclic) bond motifs is 1. The van der Waals surface area contributed by atoms with Gasteiger partial charge in [0, 0.05) is 10.3 Å². The Morgan fingerprint density at radius 1 is 1.06 bits per heavy atom. The van der Waals surface area contributed by atoms with Gasteiger partial charge in [-0.1, -0.05) is 63.2 Å². The van der Waals surface area contributed by atoms with Gasteiger partial charge in [0.1, 0.15) is 10.8 Å². The standard InChI is InChI=1S/C29H33NO4S/c1-5-33-28(32)26-23-16-11-19(2)17-24(23)35-27(26)30-25(31)18-34-22-14-12-21(13-15-22)29(3,4)20-9-7-6-8-10-20/h6-10,12-15,19H,5,11,16-18H2,1-4H3,(H,30,31)/t19-/m1/s1. The van der Waals surface area contributed by atoms with E-state index in [0.717, 1.165) is 30.4 Å². The second-order valence-corrected chi connectivity index (χ2v) is 10.7. The molecule has 1 aromatic heterocycles. The number of amides is 1. The summed E-state index contributed by atoms with van der Waals surface area (Å²) in [7, 11) is 0. The summed E-state index contributed by atoms with van der Waals surface area (Å²) in [5, 5.41) is 3.47. The lowest BCUT2D eigenvalue weighted by Gasteiger charge is -2.26. The van der Waals surface area contributed by atoms with Crippen LogP contribution in [0.2, 0.25) is 0 Å². The second kappa shape index (κ2) is 10.6. The Morgan fingerprint density at radius 2 is 1.74 bits per heavy atom. The van der Waals surface area contributed by atoms with Crippen molar-refractivity contribution in [2.24, 2.45) is 5.92 Å². The number of hydrogen-bond acceptors (Lipinski definition) is 5. The number of hydrogen-bond donors (Lipinski definition) is 1. The number of esters is 1. The third kappa shape index (κ3) is 5.59. The zero-order valence-corrected chi connectivity index (χ0v) is 21.7. The maximum atomic E-state index is 12.7. The molecule has 1 N–H and O–H groups in total. The second-order valence-electron chi connectivity index (χ2n) is 9.63. The Bertz CT molecular complexity index is 1180. The lowest BCUT2D eigenvalue weighted by atomic mass is 9.78. The molecule has 0 spiro atoms. The fraction of sp³-hybridized carbons (Fsp3) is 0.379. The Morgan fingerprint density at radius 3 is 2.43 bits per heavy atom. The highest BCUT2D eigenvalue weighted by molar-refractivity contribution is 7.17. The Balaban J connectivity index is 1.42. The van der Waals surface area contributed by atoms with Gasteiger partial charge in [0.15, 0.2) is 6.61 Å². The van der Waals surface area contributed by atoms with Crippen molar-refractivity contribution in [2.45, 2.75) is 52.4 Å². The maximum Gasteiger partial charge on any atom is 0.341 e. The van der Waals surface area contributed by atoms with Crippen molar-refractivity contribution in [2.75, 3.05) is 18.5 Å². The summed E-state index contributed by atoms with van der Waals surface area (Å²) in [6, 6.07) is 18.2. The van der Waals surface area contributed by atoms with E-state index < -0.39 is 0 Å². The molecule has 5 nitrogen and oxygen atoms in total. The van der Waals surface area contributed by atoms with Crippen LogP contribution in [0.25, 0.3) is 0 Å². The highest BCUT2D eigenvalue weighted by Gasteiger charge is 2.29. The lowest BCUT2D eigenvalue weighted by Crippen LogP contribution is -2.22. The number of rotatable bonds is 8. The van der Waals surface area contributed by atoms with Crippen LogP contribution in [0.5, 0.6) is 5.75 Å². The van der Waals surface area contributed by atoms with Gasteiger partial charge in [-0.05, 0) is 60.9 Å². The number of anilines is 1. The molecular weight excluding hydrogens is 458 g/mol. The molecule has 2 aromatic carbocycles. The van der Waals surface area contributed by atoms with Gasteiger partial charge in [-0.2, -0.15) is 0 Å². The first kappa shape index (κ1) is 25.0. The molecule has 0 radical (unpaired) electrons. The van der Waals surface area contributed by atoms with E-state index in [0.29, 0.717) is 28.8 Å². The molecule has 1 atom stereocenters. The first-order valence-corrected chi connectivity index (χ1v) is 13.0. The van der Waals surface area contributed by atoms with Crippen molar-refractivity contribution in [3.63, 3.8) is 0 Å². The van der Waals surface area contributed by atoms with Crippen molar-refractivity contribution in [1.82, 2.24) is 0 Å². The molecular formula is C29H33NO4S. The molecule has 0 saturated heterocycles. The van der Waals surface area contributed by atoms with E-state index in [-0.39, 0.29) is 23.9 Å². The molecule has 35 heavy (non-hydrogen) atoms. The minimum Gasteiger partial charge on any atom is -0.484 e. The van der Waals surface area contributed by atoms with E-state index in [9.17, 15) is 9.59 Å². The van der Waals surface area contributed by atoms with Gasteiger partial charge in [0.05, 0.1) is 12.2 Å². The van der Waals surface area contributed by atoms with Crippen LogP contribution in [0.3, 0.4) is 0 Å². The van der Waals surface area contributed by atoms with Gasteiger partial charge in [-0.15, -0.1) is 11.3 Å². The predicted octanol–water partition coefficient (Wildman–Crippen LogP) is 6.39. The van der Waals surface area contributed by atoms with E-state index in [1.807, 2.05) is 42.5 Å². The lowest BCUT2D eigenvalue weighted by molar-refractivity contribution is -0.118. The van der Waals surface area contributed by atoms with Gasteiger partial charge in [0.2, 0.25) is 0 Å². The quantitative estimate of drug-likeness (QED) is 0.371. The van der Waals surface area contributed by atoms with E-state index in [1.54, 1.807) is 6.92 Å². The molecule has 1 heterocycles. The van der Waals surface area contributed by atoms with Crippen LogP contribution < -0.4 is 10.1 Å². The number of benzene rings is 2. The minimum atomic E-state index is -0.368. The molecule has 184 valence electrons. The summed E-state index contributed by atoms with van der Waals surface area (Å²) in [6.07, 6.45) is 2.79. The normalized spacial score (nSPS) is 15.3. The number of thiophene rings is 1. The van der Waals surface area contributed by atoms with Crippen LogP contribution in [-0.2, 0) is 27.8 Å². The van der Waals surface area contributed by atoms with E-state index in [4.69, 9.17) is 9.47 Å². The SMILES string of the molecule is CCOC(=O)c1c(NC(=O)COc2ccc(C(C)(C)c3ccccc3)cc2)sc2c1CC[C@@H](C)C2. The molecule has 6 heteroatoms. The topological polar surface area (TPSA) is 64.6 Å². The third-order valence-electron chi connectivity index (χ3n) is 6.69. The summed E-state index contributed by atoms with van der Waals surface area (Å²) in [5.41, 5.74) is 3.80. The summed E-state index contributed by atoms with van der Waals surface area (Å²) in [6.45, 7) is 8.54. The highest BCUT2D eigenvalue weighted by atomic mass is 32.1. The number of carbonyl (C=O) groups excluding carboxylic acids is 2. The van der Waals surface area contributed by atoms with Gasteiger partial charge in [-0.25, -0.2) is 4.79 Å². The molecule has 3 aromatic rings. The van der Waals surface area contributed by atoms with E-state index >= 15 is 0 Å². The highest BCUT2D eigenvalue weighted by Crippen LogP contribution is 2.40. The Labute approximate surface area is 211 Å². The number of ether oxygens (including phenoxy) is 2. The summed E-state index contributed by atoms with van der Waals surface area (Å²) < 4.78 is 11.0. The molecule has 0 unspecified atom stereocenters. The van der Waals surface area contributed by atoms with Gasteiger partial charge >= 0.3 is 5.97 Å². The maximum absolute atomic E-state index is 12.7. The van der Waals surface area contributed by atoms with Crippen LogP contribution in [0.1, 0.15) is 66.0 Å². The Kier molecular flexibility index (Phi) is 7.60. The molecule has 0 aliphatic heterocycles. The van der Waals surface area contributed by atoms with Gasteiger partial charge in [0.25, 0.3) is 5.91 Å². The first-order valence-electron chi connectivity index (χ1n) is 12.2. The van der Waals surface area contributed by atoms with Crippen LogP contribution in [-0.4, -0.2) is 25.1 Å². The van der Waals surface area contributed by atoms with Crippen LogP contribution in [0, 0.1) is 5.92 Å². The fourth-order valence-electron chi connectivity index (χ4n) is 4.56.